The van der Waals surface area contributed by atoms with Crippen LogP contribution in [0.5, 0.6) is 0 Å². The molecule has 1 aliphatic carbocycles. The second-order valence-corrected chi connectivity index (χ2v) is 4.22. The number of aliphatic carboxylic acids is 1. The van der Waals surface area contributed by atoms with Crippen molar-refractivity contribution in [1.29, 1.82) is 0 Å². The third kappa shape index (κ3) is 3.19. The molecule has 2 amide bonds. The van der Waals surface area contributed by atoms with Gasteiger partial charge in [-0.05, 0) is 25.7 Å². The SMILES string of the molecule is Cc1noc(CNC(=O)NC(C(=O)O)C2CC2)n1. The molecular formula is C10H14N4O4. The third-order valence-corrected chi connectivity index (χ3v) is 2.62. The topological polar surface area (TPSA) is 117 Å². The molecule has 0 bridgehead atoms. The van der Waals surface area contributed by atoms with E-state index in [-0.39, 0.29) is 18.4 Å². The minimum Gasteiger partial charge on any atom is -0.480 e. The summed E-state index contributed by atoms with van der Waals surface area (Å²) < 4.78 is 4.81. The standard InChI is InChI=1S/C10H14N4O4/c1-5-12-7(18-14-5)4-11-10(17)13-8(9(15)16)6-2-3-6/h6,8H,2-4H2,1H3,(H,15,16)(H2,11,13,17). The van der Waals surface area contributed by atoms with Gasteiger partial charge in [0.25, 0.3) is 0 Å². The van der Waals surface area contributed by atoms with Crippen LogP contribution in [0.15, 0.2) is 4.52 Å². The average molecular weight is 254 g/mol. The molecule has 3 N–H and O–H groups in total. The zero-order chi connectivity index (χ0) is 13.1. The summed E-state index contributed by atoms with van der Waals surface area (Å²) in [5.41, 5.74) is 0. The van der Waals surface area contributed by atoms with Gasteiger partial charge in [-0.1, -0.05) is 5.16 Å². The number of rotatable bonds is 5. The van der Waals surface area contributed by atoms with Crippen LogP contribution in [-0.4, -0.2) is 33.3 Å². The average Bonchev–Trinajstić information content (AvgIpc) is 3.06. The van der Waals surface area contributed by atoms with Crippen molar-refractivity contribution in [2.75, 3.05) is 0 Å². The Kier molecular flexibility index (Phi) is 3.45. The molecule has 1 aromatic rings. The summed E-state index contributed by atoms with van der Waals surface area (Å²) in [7, 11) is 0. The van der Waals surface area contributed by atoms with E-state index >= 15 is 0 Å². The van der Waals surface area contributed by atoms with E-state index in [9.17, 15) is 9.59 Å². The number of carboxylic acid groups (broad SMARTS) is 1. The fourth-order valence-electron chi connectivity index (χ4n) is 1.57. The highest BCUT2D eigenvalue weighted by molar-refractivity contribution is 5.82. The van der Waals surface area contributed by atoms with E-state index in [1.165, 1.54) is 0 Å². The molecule has 1 aromatic heterocycles. The number of urea groups is 1. The predicted molar refractivity (Wildman–Crippen MR) is 58.6 cm³/mol. The van der Waals surface area contributed by atoms with Crippen molar-refractivity contribution in [3.63, 3.8) is 0 Å². The first-order chi connectivity index (χ1) is 8.56. The molecule has 0 aromatic carbocycles. The Bertz CT molecular complexity index is 454. The normalized spacial score (nSPS) is 16.1. The van der Waals surface area contributed by atoms with Crippen molar-refractivity contribution in [3.8, 4) is 0 Å². The summed E-state index contributed by atoms with van der Waals surface area (Å²) >= 11 is 0. The lowest BCUT2D eigenvalue weighted by Crippen LogP contribution is -2.47. The van der Waals surface area contributed by atoms with Gasteiger partial charge in [0.15, 0.2) is 5.82 Å². The van der Waals surface area contributed by atoms with Crippen LogP contribution in [-0.2, 0) is 11.3 Å². The van der Waals surface area contributed by atoms with Crippen LogP contribution in [0.1, 0.15) is 24.6 Å². The largest absolute Gasteiger partial charge is 0.480 e. The van der Waals surface area contributed by atoms with Gasteiger partial charge in [0.2, 0.25) is 5.89 Å². The van der Waals surface area contributed by atoms with Crippen LogP contribution in [0.2, 0.25) is 0 Å². The number of aryl methyl sites for hydroxylation is 1. The number of carbonyl (C=O) groups is 2. The van der Waals surface area contributed by atoms with Crippen molar-refractivity contribution < 1.29 is 19.2 Å². The molecule has 1 unspecified atom stereocenters. The van der Waals surface area contributed by atoms with Gasteiger partial charge >= 0.3 is 12.0 Å². The van der Waals surface area contributed by atoms with E-state index < -0.39 is 18.0 Å². The van der Waals surface area contributed by atoms with Crippen molar-refractivity contribution in [2.45, 2.75) is 32.4 Å². The van der Waals surface area contributed by atoms with E-state index in [1.54, 1.807) is 6.92 Å². The van der Waals surface area contributed by atoms with E-state index in [0.29, 0.717) is 5.82 Å². The quantitative estimate of drug-likeness (QED) is 0.683. The van der Waals surface area contributed by atoms with Gasteiger partial charge in [-0.3, -0.25) is 0 Å². The lowest BCUT2D eigenvalue weighted by atomic mass is 10.2. The molecule has 0 aliphatic heterocycles. The van der Waals surface area contributed by atoms with Crippen LogP contribution in [0.4, 0.5) is 4.79 Å². The van der Waals surface area contributed by atoms with Crippen molar-refractivity contribution >= 4 is 12.0 Å². The van der Waals surface area contributed by atoms with E-state index in [4.69, 9.17) is 9.63 Å². The molecule has 1 aliphatic rings. The Morgan fingerprint density at radius 2 is 2.28 bits per heavy atom. The van der Waals surface area contributed by atoms with E-state index in [2.05, 4.69) is 20.8 Å². The molecule has 18 heavy (non-hydrogen) atoms. The molecule has 98 valence electrons. The maximum absolute atomic E-state index is 11.5. The van der Waals surface area contributed by atoms with Crippen LogP contribution in [0.25, 0.3) is 0 Å². The van der Waals surface area contributed by atoms with Gasteiger partial charge in [-0.25, -0.2) is 9.59 Å². The van der Waals surface area contributed by atoms with E-state index in [1.807, 2.05) is 0 Å². The van der Waals surface area contributed by atoms with Crippen molar-refractivity contribution in [1.82, 2.24) is 20.8 Å². The molecular weight excluding hydrogens is 240 g/mol. The van der Waals surface area contributed by atoms with Crippen molar-refractivity contribution in [2.24, 2.45) is 5.92 Å². The Balaban J connectivity index is 1.79. The van der Waals surface area contributed by atoms with E-state index in [0.717, 1.165) is 12.8 Å². The molecule has 0 radical (unpaired) electrons. The minimum atomic E-state index is -1.01. The summed E-state index contributed by atoms with van der Waals surface area (Å²) in [6, 6.07) is -1.38. The molecule has 1 atom stereocenters. The van der Waals surface area contributed by atoms with Crippen LogP contribution >= 0.6 is 0 Å². The zero-order valence-electron chi connectivity index (χ0n) is 9.84. The number of hydrogen-bond donors (Lipinski definition) is 3. The molecule has 8 heteroatoms. The highest BCUT2D eigenvalue weighted by Gasteiger charge is 2.37. The highest BCUT2D eigenvalue weighted by Crippen LogP contribution is 2.32. The molecule has 8 nitrogen and oxygen atoms in total. The predicted octanol–water partition coefficient (Wildman–Crippen LogP) is 0.0404. The Hall–Kier alpha value is -2.12. The molecule has 0 saturated heterocycles. The first-order valence-electron chi connectivity index (χ1n) is 5.62. The molecule has 1 fully saturated rings. The second-order valence-electron chi connectivity index (χ2n) is 4.22. The van der Waals surface area contributed by atoms with Crippen molar-refractivity contribution in [3.05, 3.63) is 11.7 Å². The molecule has 1 heterocycles. The summed E-state index contributed by atoms with van der Waals surface area (Å²) in [5.74, 6) is -0.213. The molecule has 2 rings (SSSR count). The summed E-state index contributed by atoms with van der Waals surface area (Å²) in [6.45, 7) is 1.74. The first-order valence-corrected chi connectivity index (χ1v) is 5.62. The number of nitrogens with one attached hydrogen (secondary N) is 2. The summed E-state index contributed by atoms with van der Waals surface area (Å²) in [6.07, 6.45) is 1.67. The smallest absolute Gasteiger partial charge is 0.326 e. The number of nitrogens with zero attached hydrogens (tertiary/aromatic N) is 2. The number of hydrogen-bond acceptors (Lipinski definition) is 5. The fraction of sp³-hybridized carbons (Fsp3) is 0.600. The number of amides is 2. The number of carbonyl (C=O) groups excluding carboxylic acids is 1. The summed E-state index contributed by atoms with van der Waals surface area (Å²) in [5, 5.41) is 17.4. The summed E-state index contributed by atoms with van der Waals surface area (Å²) in [4.78, 5) is 26.3. The lowest BCUT2D eigenvalue weighted by molar-refractivity contribution is -0.139. The van der Waals surface area contributed by atoms with Gasteiger partial charge in [0.1, 0.15) is 6.04 Å². The molecule has 0 spiro atoms. The van der Waals surface area contributed by atoms with Gasteiger partial charge < -0.3 is 20.3 Å². The number of carboxylic acids is 1. The van der Waals surface area contributed by atoms with Crippen LogP contribution < -0.4 is 10.6 Å². The Labute approximate surface area is 103 Å². The van der Waals surface area contributed by atoms with Crippen LogP contribution in [0, 0.1) is 12.8 Å². The maximum atomic E-state index is 11.5. The number of aromatic nitrogens is 2. The van der Waals surface area contributed by atoms with Gasteiger partial charge in [0, 0.05) is 0 Å². The molecule has 1 saturated carbocycles. The lowest BCUT2D eigenvalue weighted by Gasteiger charge is -2.13. The van der Waals surface area contributed by atoms with Crippen LogP contribution in [0.3, 0.4) is 0 Å². The Morgan fingerprint density at radius 3 is 2.78 bits per heavy atom. The van der Waals surface area contributed by atoms with Gasteiger partial charge in [-0.2, -0.15) is 4.98 Å². The second kappa shape index (κ2) is 5.03. The van der Waals surface area contributed by atoms with Gasteiger partial charge in [0.05, 0.1) is 6.54 Å². The monoisotopic (exact) mass is 254 g/mol. The zero-order valence-corrected chi connectivity index (χ0v) is 9.84. The third-order valence-electron chi connectivity index (χ3n) is 2.62. The minimum absolute atomic E-state index is 0.0406. The Morgan fingerprint density at radius 1 is 1.56 bits per heavy atom. The first kappa shape index (κ1) is 12.3. The highest BCUT2D eigenvalue weighted by atomic mass is 16.5. The fourth-order valence-corrected chi connectivity index (χ4v) is 1.57. The maximum Gasteiger partial charge on any atom is 0.326 e. The van der Waals surface area contributed by atoms with Gasteiger partial charge in [-0.15, -0.1) is 0 Å².